The Bertz CT molecular complexity index is 409. The van der Waals surface area contributed by atoms with Gasteiger partial charge < -0.3 is 15.5 Å². The number of aliphatic hydroxyl groups excluding tert-OH is 1. The molecule has 2 atom stereocenters. The predicted octanol–water partition coefficient (Wildman–Crippen LogP) is 1.94. The number of nitrogens with zero attached hydrogens (tertiary/aromatic N) is 1. The Morgan fingerprint density at radius 3 is 3.00 bits per heavy atom. The van der Waals surface area contributed by atoms with Crippen LogP contribution in [-0.2, 0) is 6.61 Å². The van der Waals surface area contributed by atoms with Crippen LogP contribution in [0.25, 0.3) is 0 Å². The van der Waals surface area contributed by atoms with Gasteiger partial charge in [0.1, 0.15) is 5.15 Å². The van der Waals surface area contributed by atoms with Gasteiger partial charge >= 0.3 is 0 Å². The SMILES string of the molecule is C[C@@]1(O)CCC[C@H]1Nc1cc(Cl)ncc1CO. The van der Waals surface area contributed by atoms with E-state index in [2.05, 4.69) is 10.3 Å². The Morgan fingerprint density at radius 1 is 1.65 bits per heavy atom. The third-order valence-electron chi connectivity index (χ3n) is 3.38. The Hall–Kier alpha value is -0.840. The lowest BCUT2D eigenvalue weighted by Crippen LogP contribution is -2.39. The van der Waals surface area contributed by atoms with Crippen LogP contribution >= 0.6 is 11.6 Å². The van der Waals surface area contributed by atoms with Crippen molar-refractivity contribution in [3.8, 4) is 0 Å². The number of hydrogen-bond acceptors (Lipinski definition) is 4. The van der Waals surface area contributed by atoms with Gasteiger partial charge in [-0.05, 0) is 32.3 Å². The van der Waals surface area contributed by atoms with E-state index in [1.54, 1.807) is 12.3 Å². The Labute approximate surface area is 106 Å². The maximum atomic E-state index is 10.2. The molecule has 4 nitrogen and oxygen atoms in total. The molecule has 1 saturated carbocycles. The Kier molecular flexibility index (Phi) is 3.56. The number of anilines is 1. The topological polar surface area (TPSA) is 65.4 Å². The van der Waals surface area contributed by atoms with Gasteiger partial charge in [-0.1, -0.05) is 11.6 Å². The zero-order valence-electron chi connectivity index (χ0n) is 9.78. The van der Waals surface area contributed by atoms with Crippen molar-refractivity contribution < 1.29 is 10.2 Å². The van der Waals surface area contributed by atoms with Crippen LogP contribution in [0.2, 0.25) is 5.15 Å². The minimum atomic E-state index is -0.706. The molecule has 0 spiro atoms. The van der Waals surface area contributed by atoms with Crippen LogP contribution in [0, 0.1) is 0 Å². The standard InChI is InChI=1S/C12H17ClN2O2/c1-12(17)4-2-3-10(12)15-9-5-11(13)14-6-8(9)7-16/h5-6,10,16-17H,2-4,7H2,1H3,(H,14,15)/t10-,12-/m1/s1. The molecule has 1 aliphatic carbocycles. The third kappa shape index (κ3) is 2.70. The molecule has 0 bridgehead atoms. The molecule has 1 heterocycles. The monoisotopic (exact) mass is 256 g/mol. The van der Waals surface area contributed by atoms with Crippen molar-refractivity contribution >= 4 is 17.3 Å². The van der Waals surface area contributed by atoms with Crippen molar-refractivity contribution in [2.45, 2.75) is 44.4 Å². The minimum Gasteiger partial charge on any atom is -0.392 e. The number of aliphatic hydroxyl groups is 2. The van der Waals surface area contributed by atoms with Crippen LogP contribution in [0.4, 0.5) is 5.69 Å². The van der Waals surface area contributed by atoms with Gasteiger partial charge in [-0.15, -0.1) is 0 Å². The molecular formula is C12H17ClN2O2. The fourth-order valence-electron chi connectivity index (χ4n) is 2.28. The fourth-order valence-corrected chi connectivity index (χ4v) is 2.44. The number of pyridine rings is 1. The molecule has 1 aromatic rings. The molecular weight excluding hydrogens is 240 g/mol. The molecule has 0 radical (unpaired) electrons. The van der Waals surface area contributed by atoms with E-state index in [-0.39, 0.29) is 12.6 Å². The van der Waals surface area contributed by atoms with E-state index in [9.17, 15) is 10.2 Å². The summed E-state index contributed by atoms with van der Waals surface area (Å²) in [7, 11) is 0. The van der Waals surface area contributed by atoms with Gasteiger partial charge in [0, 0.05) is 17.4 Å². The van der Waals surface area contributed by atoms with Crippen molar-refractivity contribution in [2.75, 3.05) is 5.32 Å². The summed E-state index contributed by atoms with van der Waals surface area (Å²) in [6.45, 7) is 1.74. The molecule has 0 unspecified atom stereocenters. The lowest BCUT2D eigenvalue weighted by atomic mass is 10.00. The number of halogens is 1. The van der Waals surface area contributed by atoms with E-state index in [1.165, 1.54) is 0 Å². The summed E-state index contributed by atoms with van der Waals surface area (Å²) >= 11 is 5.84. The summed E-state index contributed by atoms with van der Waals surface area (Å²) in [6, 6.07) is 1.67. The van der Waals surface area contributed by atoms with Crippen molar-refractivity contribution in [1.29, 1.82) is 0 Å². The van der Waals surface area contributed by atoms with Gasteiger partial charge in [0.15, 0.2) is 0 Å². The van der Waals surface area contributed by atoms with Crippen molar-refractivity contribution in [2.24, 2.45) is 0 Å². The highest BCUT2D eigenvalue weighted by molar-refractivity contribution is 6.29. The van der Waals surface area contributed by atoms with E-state index in [0.29, 0.717) is 10.7 Å². The molecule has 1 fully saturated rings. The summed E-state index contributed by atoms with van der Waals surface area (Å²) in [5.41, 5.74) is 0.736. The number of aromatic nitrogens is 1. The normalized spacial score (nSPS) is 28.4. The average Bonchev–Trinajstić information content (AvgIpc) is 2.59. The fraction of sp³-hybridized carbons (Fsp3) is 0.583. The van der Waals surface area contributed by atoms with Gasteiger partial charge in [-0.2, -0.15) is 0 Å². The summed E-state index contributed by atoms with van der Waals surface area (Å²) in [5.74, 6) is 0. The van der Waals surface area contributed by atoms with Gasteiger partial charge in [0.05, 0.1) is 18.2 Å². The molecule has 0 amide bonds. The molecule has 5 heteroatoms. The van der Waals surface area contributed by atoms with Gasteiger partial charge in [-0.3, -0.25) is 0 Å². The maximum Gasteiger partial charge on any atom is 0.131 e. The predicted molar refractivity (Wildman–Crippen MR) is 67.1 cm³/mol. The molecule has 1 aromatic heterocycles. The second kappa shape index (κ2) is 4.80. The minimum absolute atomic E-state index is 0.00809. The highest BCUT2D eigenvalue weighted by Gasteiger charge is 2.36. The second-order valence-electron chi connectivity index (χ2n) is 4.77. The molecule has 17 heavy (non-hydrogen) atoms. The maximum absolute atomic E-state index is 10.2. The average molecular weight is 257 g/mol. The van der Waals surface area contributed by atoms with E-state index in [1.807, 2.05) is 6.92 Å². The zero-order valence-corrected chi connectivity index (χ0v) is 10.5. The first-order valence-electron chi connectivity index (χ1n) is 5.77. The van der Waals surface area contributed by atoms with Crippen LogP contribution in [0.3, 0.4) is 0 Å². The first kappa shape index (κ1) is 12.6. The van der Waals surface area contributed by atoms with Gasteiger partial charge in [0.25, 0.3) is 0 Å². The summed E-state index contributed by atoms with van der Waals surface area (Å²) in [5, 5.41) is 23.0. The van der Waals surface area contributed by atoms with Crippen LogP contribution in [0.5, 0.6) is 0 Å². The smallest absolute Gasteiger partial charge is 0.131 e. The highest BCUT2D eigenvalue weighted by Crippen LogP contribution is 2.33. The lowest BCUT2D eigenvalue weighted by Gasteiger charge is -2.28. The van der Waals surface area contributed by atoms with Crippen molar-refractivity contribution in [1.82, 2.24) is 4.98 Å². The number of hydrogen-bond donors (Lipinski definition) is 3. The molecule has 0 aromatic carbocycles. The number of rotatable bonds is 3. The molecule has 1 aliphatic rings. The zero-order chi connectivity index (χ0) is 12.5. The third-order valence-corrected chi connectivity index (χ3v) is 3.59. The highest BCUT2D eigenvalue weighted by atomic mass is 35.5. The first-order valence-corrected chi connectivity index (χ1v) is 6.15. The molecule has 2 rings (SSSR count). The number of nitrogens with one attached hydrogen (secondary N) is 1. The van der Waals surface area contributed by atoms with Crippen molar-refractivity contribution in [3.63, 3.8) is 0 Å². The molecule has 0 aliphatic heterocycles. The lowest BCUT2D eigenvalue weighted by molar-refractivity contribution is 0.0578. The van der Waals surface area contributed by atoms with E-state index >= 15 is 0 Å². The molecule has 94 valence electrons. The summed E-state index contributed by atoms with van der Waals surface area (Å²) in [4.78, 5) is 3.92. The van der Waals surface area contributed by atoms with Crippen LogP contribution in [0.15, 0.2) is 12.3 Å². The molecule has 3 N–H and O–H groups in total. The van der Waals surface area contributed by atoms with Crippen LogP contribution in [-0.4, -0.2) is 26.8 Å². The first-order chi connectivity index (χ1) is 8.03. The van der Waals surface area contributed by atoms with E-state index in [4.69, 9.17) is 11.6 Å². The van der Waals surface area contributed by atoms with Gasteiger partial charge in [-0.25, -0.2) is 4.98 Å². The van der Waals surface area contributed by atoms with Crippen molar-refractivity contribution in [3.05, 3.63) is 23.0 Å². The Balaban J connectivity index is 2.20. The van der Waals surface area contributed by atoms with E-state index < -0.39 is 5.60 Å². The summed E-state index contributed by atoms with van der Waals surface area (Å²) < 4.78 is 0. The van der Waals surface area contributed by atoms with Crippen LogP contribution in [0.1, 0.15) is 31.7 Å². The largest absolute Gasteiger partial charge is 0.392 e. The van der Waals surface area contributed by atoms with E-state index in [0.717, 1.165) is 24.9 Å². The second-order valence-corrected chi connectivity index (χ2v) is 5.16. The molecule has 0 saturated heterocycles. The Morgan fingerprint density at radius 2 is 2.41 bits per heavy atom. The van der Waals surface area contributed by atoms with Crippen LogP contribution < -0.4 is 5.32 Å². The van der Waals surface area contributed by atoms with Gasteiger partial charge in [0.2, 0.25) is 0 Å². The summed E-state index contributed by atoms with van der Waals surface area (Å²) in [6.07, 6.45) is 4.25. The quantitative estimate of drug-likeness (QED) is 0.724.